The summed E-state index contributed by atoms with van der Waals surface area (Å²) in [6, 6.07) is 35.3. The second-order valence-corrected chi connectivity index (χ2v) is 10.5. The van der Waals surface area contributed by atoms with Crippen molar-refractivity contribution in [3.8, 4) is 0 Å². The van der Waals surface area contributed by atoms with E-state index in [0.29, 0.717) is 0 Å². The Morgan fingerprint density at radius 1 is 0.459 bits per heavy atom. The van der Waals surface area contributed by atoms with E-state index in [2.05, 4.69) is 86.6 Å². The van der Waals surface area contributed by atoms with E-state index in [1.165, 1.54) is 71.9 Å². The van der Waals surface area contributed by atoms with Gasteiger partial charge in [-0.2, -0.15) is 0 Å². The molecule has 2 heteroatoms. The molecule has 2 nitrogen and oxygen atoms in total. The molecule has 0 saturated heterocycles. The van der Waals surface area contributed by atoms with E-state index in [9.17, 15) is 0 Å². The summed E-state index contributed by atoms with van der Waals surface area (Å²) >= 11 is 0. The van der Waals surface area contributed by atoms with Crippen molar-refractivity contribution in [3.05, 3.63) is 130 Å². The largest absolute Gasteiger partial charge is 0.399 e. The SMILES string of the molecule is CCCCC(CCCC)(c1ccc(Cc2ccc(N)cc2)cc1)c1ccc(Cc2ccc(N)cc2)cc1. The molecule has 0 unspecified atom stereocenters. The average molecular weight is 491 g/mol. The molecule has 0 aliphatic rings. The maximum absolute atomic E-state index is 5.87. The summed E-state index contributed by atoms with van der Waals surface area (Å²) in [5.74, 6) is 0. The minimum Gasteiger partial charge on any atom is -0.399 e. The molecular weight excluding hydrogens is 448 g/mol. The van der Waals surface area contributed by atoms with E-state index < -0.39 is 0 Å². The lowest BCUT2D eigenvalue weighted by Gasteiger charge is -2.36. The fourth-order valence-electron chi connectivity index (χ4n) is 5.45. The third-order valence-electron chi connectivity index (χ3n) is 7.70. The Labute approximate surface area is 223 Å². The van der Waals surface area contributed by atoms with Crippen LogP contribution in [-0.4, -0.2) is 0 Å². The Morgan fingerprint density at radius 2 is 0.757 bits per heavy atom. The zero-order valence-corrected chi connectivity index (χ0v) is 22.5. The molecule has 0 radical (unpaired) electrons. The highest BCUT2D eigenvalue weighted by atomic mass is 14.5. The maximum Gasteiger partial charge on any atom is 0.0314 e. The number of hydrogen-bond donors (Lipinski definition) is 2. The van der Waals surface area contributed by atoms with Crippen LogP contribution in [0.5, 0.6) is 0 Å². The monoisotopic (exact) mass is 490 g/mol. The number of anilines is 2. The molecule has 0 bridgehead atoms. The fraction of sp³-hybridized carbons (Fsp3) is 0.314. The van der Waals surface area contributed by atoms with Gasteiger partial charge in [-0.25, -0.2) is 0 Å². The molecule has 192 valence electrons. The van der Waals surface area contributed by atoms with Gasteiger partial charge >= 0.3 is 0 Å². The Hall–Kier alpha value is -3.52. The zero-order chi connectivity index (χ0) is 26.1. The van der Waals surface area contributed by atoms with Gasteiger partial charge in [0.15, 0.2) is 0 Å². The minimum absolute atomic E-state index is 0.0471. The molecule has 0 atom stereocenters. The Bertz CT molecular complexity index is 1120. The molecule has 4 N–H and O–H groups in total. The average Bonchev–Trinajstić information content (AvgIpc) is 2.93. The third kappa shape index (κ3) is 6.83. The summed E-state index contributed by atoms with van der Waals surface area (Å²) in [5.41, 5.74) is 21.6. The van der Waals surface area contributed by atoms with Gasteiger partial charge in [0.25, 0.3) is 0 Å². The van der Waals surface area contributed by atoms with Gasteiger partial charge in [-0.3, -0.25) is 0 Å². The van der Waals surface area contributed by atoms with Gasteiger partial charge in [-0.15, -0.1) is 0 Å². The van der Waals surface area contributed by atoms with E-state index in [-0.39, 0.29) is 5.41 Å². The second-order valence-electron chi connectivity index (χ2n) is 10.5. The van der Waals surface area contributed by atoms with E-state index in [1.54, 1.807) is 0 Å². The predicted octanol–water partition coefficient (Wildman–Crippen LogP) is 8.70. The molecule has 0 spiro atoms. The first-order valence-corrected chi connectivity index (χ1v) is 13.9. The number of benzene rings is 4. The number of hydrogen-bond acceptors (Lipinski definition) is 2. The summed E-state index contributed by atoms with van der Waals surface area (Å²) in [7, 11) is 0. The lowest BCUT2D eigenvalue weighted by molar-refractivity contribution is 0.405. The van der Waals surface area contributed by atoms with Crippen molar-refractivity contribution in [2.45, 2.75) is 70.6 Å². The lowest BCUT2D eigenvalue weighted by atomic mass is 9.67. The first kappa shape index (κ1) is 26.5. The van der Waals surface area contributed by atoms with Crippen LogP contribution in [0.2, 0.25) is 0 Å². The van der Waals surface area contributed by atoms with Crippen LogP contribution < -0.4 is 11.5 Å². The topological polar surface area (TPSA) is 52.0 Å². The molecule has 0 aromatic heterocycles. The number of nitrogens with two attached hydrogens (primary N) is 2. The van der Waals surface area contributed by atoms with E-state index >= 15 is 0 Å². The molecule has 4 aromatic carbocycles. The van der Waals surface area contributed by atoms with Crippen LogP contribution in [0.3, 0.4) is 0 Å². The highest BCUT2D eigenvalue weighted by molar-refractivity contribution is 5.45. The molecule has 37 heavy (non-hydrogen) atoms. The van der Waals surface area contributed by atoms with Crippen molar-refractivity contribution in [1.82, 2.24) is 0 Å². The van der Waals surface area contributed by atoms with Crippen molar-refractivity contribution in [2.24, 2.45) is 0 Å². The van der Waals surface area contributed by atoms with Crippen LogP contribution in [0.15, 0.2) is 97.1 Å². The van der Waals surface area contributed by atoms with Crippen LogP contribution in [0.25, 0.3) is 0 Å². The quantitative estimate of drug-likeness (QED) is 0.195. The fourth-order valence-corrected chi connectivity index (χ4v) is 5.45. The second kappa shape index (κ2) is 12.6. The van der Waals surface area contributed by atoms with Crippen LogP contribution >= 0.6 is 0 Å². The Morgan fingerprint density at radius 3 is 1.05 bits per heavy atom. The smallest absolute Gasteiger partial charge is 0.0314 e. The molecule has 0 aliphatic carbocycles. The number of unbranched alkanes of at least 4 members (excludes halogenated alkanes) is 2. The number of nitrogen functional groups attached to an aromatic ring is 2. The van der Waals surface area contributed by atoms with Gasteiger partial charge in [-0.1, -0.05) is 112 Å². The lowest BCUT2D eigenvalue weighted by Crippen LogP contribution is -2.28. The van der Waals surface area contributed by atoms with Gasteiger partial charge in [-0.05, 0) is 83.3 Å². The highest BCUT2D eigenvalue weighted by Gasteiger charge is 2.33. The van der Waals surface area contributed by atoms with Crippen LogP contribution in [0, 0.1) is 0 Å². The molecule has 4 rings (SSSR count). The Balaban J connectivity index is 1.62. The standard InChI is InChI=1S/C35H42N2/c1-3-5-23-35(24-6-4-2,31-15-7-27(8-16-31)25-29-11-19-33(36)20-12-29)32-17-9-28(10-18-32)26-30-13-21-34(37)22-14-30/h7-22H,3-6,23-26,36-37H2,1-2H3. The molecule has 0 aliphatic heterocycles. The molecule has 0 saturated carbocycles. The van der Waals surface area contributed by atoms with Gasteiger partial charge in [0.2, 0.25) is 0 Å². The normalized spacial score (nSPS) is 11.5. The van der Waals surface area contributed by atoms with Crippen molar-refractivity contribution < 1.29 is 0 Å². The zero-order valence-electron chi connectivity index (χ0n) is 22.5. The van der Waals surface area contributed by atoms with E-state index in [1.807, 2.05) is 24.3 Å². The number of rotatable bonds is 12. The molecule has 0 amide bonds. The Kier molecular flexibility index (Phi) is 9.06. The van der Waals surface area contributed by atoms with E-state index in [4.69, 9.17) is 11.5 Å². The van der Waals surface area contributed by atoms with Gasteiger partial charge in [0.05, 0.1) is 0 Å². The van der Waals surface area contributed by atoms with Crippen molar-refractivity contribution >= 4 is 11.4 Å². The van der Waals surface area contributed by atoms with Crippen LogP contribution in [0.1, 0.15) is 85.8 Å². The van der Waals surface area contributed by atoms with Gasteiger partial charge in [0.1, 0.15) is 0 Å². The van der Waals surface area contributed by atoms with Gasteiger partial charge < -0.3 is 11.5 Å². The summed E-state index contributed by atoms with van der Waals surface area (Å²) in [6.07, 6.45) is 9.08. The van der Waals surface area contributed by atoms with Gasteiger partial charge in [0, 0.05) is 16.8 Å². The highest BCUT2D eigenvalue weighted by Crippen LogP contribution is 2.42. The van der Waals surface area contributed by atoms with Crippen LogP contribution in [-0.2, 0) is 18.3 Å². The first-order valence-electron chi connectivity index (χ1n) is 13.9. The molecule has 0 heterocycles. The summed E-state index contributed by atoms with van der Waals surface area (Å²) < 4.78 is 0. The summed E-state index contributed by atoms with van der Waals surface area (Å²) in [4.78, 5) is 0. The van der Waals surface area contributed by atoms with Crippen molar-refractivity contribution in [1.29, 1.82) is 0 Å². The van der Waals surface area contributed by atoms with Crippen LogP contribution in [0.4, 0.5) is 11.4 Å². The van der Waals surface area contributed by atoms with Crippen molar-refractivity contribution in [3.63, 3.8) is 0 Å². The molecule has 4 aromatic rings. The maximum atomic E-state index is 5.87. The first-order chi connectivity index (χ1) is 18.0. The third-order valence-corrected chi connectivity index (χ3v) is 7.70. The minimum atomic E-state index is 0.0471. The predicted molar refractivity (Wildman–Crippen MR) is 160 cm³/mol. The molecule has 0 fully saturated rings. The van der Waals surface area contributed by atoms with E-state index in [0.717, 1.165) is 24.2 Å². The summed E-state index contributed by atoms with van der Waals surface area (Å²) in [6.45, 7) is 4.60. The van der Waals surface area contributed by atoms with Crippen molar-refractivity contribution in [2.75, 3.05) is 11.5 Å². The summed E-state index contributed by atoms with van der Waals surface area (Å²) in [5, 5.41) is 0. The molecular formula is C35H42N2.